The van der Waals surface area contributed by atoms with Gasteiger partial charge in [-0.1, -0.05) is 0 Å². The molecule has 0 bridgehead atoms. The maximum atomic E-state index is 11.5. The molecule has 2 aliphatic rings. The molecular weight excluding hydrogens is 228 g/mol. The predicted octanol–water partition coefficient (Wildman–Crippen LogP) is 1.12. The summed E-state index contributed by atoms with van der Waals surface area (Å²) >= 11 is 0. The van der Waals surface area contributed by atoms with Gasteiger partial charge in [0.05, 0.1) is 0 Å². The van der Waals surface area contributed by atoms with Gasteiger partial charge in [0.15, 0.2) is 0 Å². The predicted molar refractivity (Wildman–Crippen MR) is 71.8 cm³/mol. The average Bonchev–Trinajstić information content (AvgIpc) is 2.75. The minimum Gasteiger partial charge on any atom is -0.382 e. The Balaban J connectivity index is 1.63. The van der Waals surface area contributed by atoms with Crippen LogP contribution in [0.5, 0.6) is 0 Å². The molecule has 5 nitrogen and oxygen atoms in total. The lowest BCUT2D eigenvalue weighted by Gasteiger charge is -2.33. The maximum Gasteiger partial charge on any atom is 0.321 e. The van der Waals surface area contributed by atoms with Gasteiger partial charge < -0.3 is 16.4 Å². The number of nitrogens with one attached hydrogen (secondary N) is 2. The van der Waals surface area contributed by atoms with Crippen LogP contribution in [0.1, 0.15) is 12.8 Å². The minimum atomic E-state index is -0.0133. The number of nitrogens with two attached hydrogens (primary N) is 1. The number of carbonyl (C=O) groups excluding carboxylic acids is 1. The van der Waals surface area contributed by atoms with Gasteiger partial charge in [-0.2, -0.15) is 0 Å². The van der Waals surface area contributed by atoms with E-state index < -0.39 is 0 Å². The van der Waals surface area contributed by atoms with Crippen LogP contribution in [0.15, 0.2) is 24.3 Å². The van der Waals surface area contributed by atoms with Crippen molar-refractivity contribution in [1.29, 1.82) is 0 Å². The lowest BCUT2D eigenvalue weighted by atomic mass is 9.87. The van der Waals surface area contributed by atoms with E-state index in [1.165, 1.54) is 0 Å². The van der Waals surface area contributed by atoms with E-state index in [1.54, 1.807) is 4.90 Å². The Kier molecular flexibility index (Phi) is 2.83. The molecule has 0 unspecified atom stereocenters. The molecule has 1 saturated heterocycles. The van der Waals surface area contributed by atoms with Gasteiger partial charge in [0.1, 0.15) is 0 Å². The largest absolute Gasteiger partial charge is 0.382 e. The Morgan fingerprint density at radius 1 is 1.28 bits per heavy atom. The molecule has 2 fully saturated rings. The Bertz CT molecular complexity index is 439. The van der Waals surface area contributed by atoms with Gasteiger partial charge in [0.2, 0.25) is 0 Å². The van der Waals surface area contributed by atoms with Crippen LogP contribution in [0.25, 0.3) is 0 Å². The number of nitrogens with zero attached hydrogens (tertiary/aromatic N) is 1. The van der Waals surface area contributed by atoms with Crippen molar-refractivity contribution in [1.82, 2.24) is 5.32 Å². The standard InChI is InChI=1S/C13H18N4O/c14-9-7-11(8-9)16-10-1-3-12(4-2-10)17-6-5-15-13(17)18/h1-4,9,11,16H,5-8,14H2,(H,15,18). The Morgan fingerprint density at radius 2 is 2.00 bits per heavy atom. The summed E-state index contributed by atoms with van der Waals surface area (Å²) in [5.41, 5.74) is 7.79. The minimum absolute atomic E-state index is 0.0133. The van der Waals surface area contributed by atoms with Crippen molar-refractivity contribution < 1.29 is 4.79 Å². The van der Waals surface area contributed by atoms with Crippen LogP contribution in [0, 0.1) is 0 Å². The van der Waals surface area contributed by atoms with E-state index in [9.17, 15) is 4.79 Å². The first kappa shape index (κ1) is 11.3. The van der Waals surface area contributed by atoms with Crippen LogP contribution in [-0.2, 0) is 0 Å². The van der Waals surface area contributed by atoms with E-state index in [2.05, 4.69) is 10.6 Å². The Morgan fingerprint density at radius 3 is 2.56 bits per heavy atom. The highest BCUT2D eigenvalue weighted by Gasteiger charge is 2.25. The summed E-state index contributed by atoms with van der Waals surface area (Å²) in [5, 5.41) is 6.23. The first-order valence-corrected chi connectivity index (χ1v) is 6.40. The van der Waals surface area contributed by atoms with Crippen LogP contribution < -0.4 is 21.3 Å². The molecule has 0 atom stereocenters. The molecule has 4 N–H and O–H groups in total. The lowest BCUT2D eigenvalue weighted by Crippen LogP contribution is -2.44. The molecule has 1 aromatic rings. The van der Waals surface area contributed by atoms with Crippen LogP contribution in [0.4, 0.5) is 16.2 Å². The number of benzene rings is 1. The molecule has 18 heavy (non-hydrogen) atoms. The summed E-state index contributed by atoms with van der Waals surface area (Å²) in [5.74, 6) is 0. The monoisotopic (exact) mass is 246 g/mol. The molecule has 1 saturated carbocycles. The summed E-state index contributed by atoms with van der Waals surface area (Å²) in [4.78, 5) is 13.3. The third-order valence-electron chi connectivity index (χ3n) is 3.58. The van der Waals surface area contributed by atoms with Crippen molar-refractivity contribution >= 4 is 17.4 Å². The number of rotatable bonds is 3. The zero-order valence-electron chi connectivity index (χ0n) is 10.2. The molecule has 1 heterocycles. The second-order valence-electron chi connectivity index (χ2n) is 5.00. The van der Waals surface area contributed by atoms with E-state index in [4.69, 9.17) is 5.73 Å². The van der Waals surface area contributed by atoms with Crippen LogP contribution in [0.2, 0.25) is 0 Å². The van der Waals surface area contributed by atoms with Crippen molar-refractivity contribution in [3.8, 4) is 0 Å². The van der Waals surface area contributed by atoms with E-state index in [1.807, 2.05) is 24.3 Å². The number of hydrogen-bond acceptors (Lipinski definition) is 3. The highest BCUT2D eigenvalue weighted by atomic mass is 16.2. The van der Waals surface area contributed by atoms with Crippen LogP contribution in [-0.4, -0.2) is 31.2 Å². The molecular formula is C13H18N4O. The van der Waals surface area contributed by atoms with E-state index in [-0.39, 0.29) is 6.03 Å². The number of amides is 2. The fourth-order valence-corrected chi connectivity index (χ4v) is 2.47. The highest BCUT2D eigenvalue weighted by Crippen LogP contribution is 2.24. The topological polar surface area (TPSA) is 70.4 Å². The fourth-order valence-electron chi connectivity index (χ4n) is 2.47. The van der Waals surface area contributed by atoms with Crippen molar-refractivity contribution in [3.05, 3.63) is 24.3 Å². The third-order valence-corrected chi connectivity index (χ3v) is 3.58. The number of carbonyl (C=O) groups is 1. The SMILES string of the molecule is NC1CC(Nc2ccc(N3CCNC3=O)cc2)C1. The van der Waals surface area contributed by atoms with Crippen molar-refractivity contribution in [2.45, 2.75) is 24.9 Å². The van der Waals surface area contributed by atoms with Crippen molar-refractivity contribution in [2.75, 3.05) is 23.3 Å². The van der Waals surface area contributed by atoms with Gasteiger partial charge in [0.25, 0.3) is 0 Å². The lowest BCUT2D eigenvalue weighted by molar-refractivity contribution is 0.252. The summed E-state index contributed by atoms with van der Waals surface area (Å²) in [6.07, 6.45) is 2.08. The van der Waals surface area contributed by atoms with Crippen LogP contribution in [0.3, 0.4) is 0 Å². The second-order valence-corrected chi connectivity index (χ2v) is 5.00. The Hall–Kier alpha value is -1.75. The average molecular weight is 246 g/mol. The third kappa shape index (κ3) is 2.13. The number of hydrogen-bond donors (Lipinski definition) is 3. The summed E-state index contributed by atoms with van der Waals surface area (Å²) < 4.78 is 0. The van der Waals surface area contributed by atoms with Crippen molar-refractivity contribution in [3.63, 3.8) is 0 Å². The first-order chi connectivity index (χ1) is 8.72. The smallest absolute Gasteiger partial charge is 0.321 e. The molecule has 1 aromatic carbocycles. The zero-order chi connectivity index (χ0) is 12.5. The summed E-state index contributed by atoms with van der Waals surface area (Å²) in [7, 11) is 0. The van der Waals surface area contributed by atoms with E-state index in [0.29, 0.717) is 12.1 Å². The quantitative estimate of drug-likeness (QED) is 0.748. The normalized spacial score (nSPS) is 26.7. The van der Waals surface area contributed by atoms with Gasteiger partial charge in [-0.05, 0) is 37.1 Å². The molecule has 3 rings (SSSR count). The fraction of sp³-hybridized carbons (Fsp3) is 0.462. The molecule has 1 aliphatic heterocycles. The van der Waals surface area contributed by atoms with E-state index >= 15 is 0 Å². The number of anilines is 2. The van der Waals surface area contributed by atoms with Gasteiger partial charge in [-0.25, -0.2) is 4.79 Å². The summed E-state index contributed by atoms with van der Waals surface area (Å²) in [6, 6.07) is 8.84. The molecule has 1 aliphatic carbocycles. The first-order valence-electron chi connectivity index (χ1n) is 6.40. The molecule has 5 heteroatoms. The van der Waals surface area contributed by atoms with Crippen LogP contribution >= 0.6 is 0 Å². The zero-order valence-corrected chi connectivity index (χ0v) is 10.2. The van der Waals surface area contributed by atoms with Gasteiger partial charge in [0, 0.05) is 36.5 Å². The highest BCUT2D eigenvalue weighted by molar-refractivity contribution is 5.94. The van der Waals surface area contributed by atoms with Gasteiger partial charge in [-0.3, -0.25) is 4.90 Å². The van der Waals surface area contributed by atoms with Gasteiger partial charge >= 0.3 is 6.03 Å². The molecule has 96 valence electrons. The van der Waals surface area contributed by atoms with Gasteiger partial charge in [-0.15, -0.1) is 0 Å². The Labute approximate surface area is 106 Å². The maximum absolute atomic E-state index is 11.5. The summed E-state index contributed by atoms with van der Waals surface area (Å²) in [6.45, 7) is 1.46. The van der Waals surface area contributed by atoms with Crippen molar-refractivity contribution in [2.24, 2.45) is 5.73 Å². The molecule has 0 spiro atoms. The molecule has 0 aromatic heterocycles. The number of urea groups is 1. The molecule has 0 radical (unpaired) electrons. The second kappa shape index (κ2) is 4.49. The van der Waals surface area contributed by atoms with E-state index in [0.717, 1.165) is 37.3 Å². The molecule has 2 amide bonds.